The third-order valence-corrected chi connectivity index (χ3v) is 14.8. The summed E-state index contributed by atoms with van der Waals surface area (Å²) in [6, 6.07) is 6.49. The molecule has 1 aromatic carbocycles. The first-order valence-corrected chi connectivity index (χ1v) is 19.3. The Bertz CT molecular complexity index is 1350. The largest absolute Gasteiger partial charge is 0.462 e. The van der Waals surface area contributed by atoms with Gasteiger partial charge in [-0.15, -0.1) is 6.58 Å². The number of carbonyl (C=O) groups is 2. The summed E-state index contributed by atoms with van der Waals surface area (Å²) < 4.78 is 17.7. The van der Waals surface area contributed by atoms with Crippen LogP contribution in [-0.4, -0.2) is 37.9 Å². The van der Waals surface area contributed by atoms with Crippen molar-refractivity contribution >= 4 is 11.9 Å². The summed E-state index contributed by atoms with van der Waals surface area (Å²) in [7, 11) is 0. The van der Waals surface area contributed by atoms with Gasteiger partial charge in [-0.05, 0) is 147 Å². The molecule has 5 aliphatic carbocycles. The molecule has 5 fully saturated rings. The number of hydrogen-bond donors (Lipinski definition) is 0. The normalized spacial score (nSPS) is 37.6. The number of benzene rings is 1. The highest BCUT2D eigenvalue weighted by atomic mass is 16.6. The number of allylic oxidation sites excluding steroid dienone is 2. The summed E-state index contributed by atoms with van der Waals surface area (Å²) in [5, 5.41) is 0. The Hall–Kier alpha value is -2.40. The minimum atomic E-state index is -0.402. The van der Waals surface area contributed by atoms with Gasteiger partial charge in [-0.3, -0.25) is 0 Å². The van der Waals surface area contributed by atoms with Crippen molar-refractivity contribution in [1.82, 2.24) is 0 Å². The molecule has 48 heavy (non-hydrogen) atoms. The summed E-state index contributed by atoms with van der Waals surface area (Å²) in [6.45, 7) is 19.5. The standard InChI is InChI=1S/C43H62O5/c1-8-10-23-47-39(44)31-13-15-32(16-14-31)40(45)48-25-24-46-38-26-34-36-18-17-35(29(5)11-12-30(9-2)28(3)4)41(36,6)21-20-37(34)42(7)22-19-33-27-43(33,38)42/h8,11-16,28-30,33-38H,1,9-10,17-27H2,2-7H3/b12-11+/t29-,30+,33-,34+,35-,36+,37+,38-,41-,42-,43+/m1/s1. The van der Waals surface area contributed by atoms with Gasteiger partial charge in [0.25, 0.3) is 0 Å². The predicted molar refractivity (Wildman–Crippen MR) is 192 cm³/mol. The topological polar surface area (TPSA) is 61.8 Å². The molecule has 11 atom stereocenters. The average molecular weight is 659 g/mol. The van der Waals surface area contributed by atoms with Crippen LogP contribution in [0.5, 0.6) is 0 Å². The first kappa shape index (κ1) is 35.4. The van der Waals surface area contributed by atoms with Gasteiger partial charge in [0.05, 0.1) is 30.4 Å². The summed E-state index contributed by atoms with van der Waals surface area (Å²) >= 11 is 0. The SMILES string of the molecule is C=CCCOC(=O)c1ccc(C(=O)OCCO[C@@H]2C[C@H]3[C@@H]4CC[C@H]([C@H](C)/C=C/[C@H](CC)C(C)C)[C@@]4(C)CC[C@@H]3[C@@]3(C)CC[C@@H]4C[C@]423)cc1. The average Bonchev–Trinajstić information content (AvgIpc) is 3.58. The summed E-state index contributed by atoms with van der Waals surface area (Å²) in [5.74, 6) is 5.12. The first-order chi connectivity index (χ1) is 23.0. The molecule has 0 aromatic heterocycles. The van der Waals surface area contributed by atoms with Crippen LogP contribution < -0.4 is 0 Å². The van der Waals surface area contributed by atoms with E-state index in [2.05, 4.69) is 60.3 Å². The van der Waals surface area contributed by atoms with Crippen molar-refractivity contribution in [1.29, 1.82) is 0 Å². The van der Waals surface area contributed by atoms with Crippen LogP contribution >= 0.6 is 0 Å². The number of ether oxygens (including phenoxy) is 3. The van der Waals surface area contributed by atoms with Gasteiger partial charge in [0.15, 0.2) is 0 Å². The van der Waals surface area contributed by atoms with Gasteiger partial charge in [-0.25, -0.2) is 9.59 Å². The van der Waals surface area contributed by atoms with Gasteiger partial charge in [0, 0.05) is 5.41 Å². The minimum absolute atomic E-state index is 0.244. The molecule has 0 N–H and O–H groups in total. The molecule has 0 bridgehead atoms. The van der Waals surface area contributed by atoms with E-state index in [0.717, 1.165) is 29.6 Å². The molecule has 0 unspecified atom stereocenters. The van der Waals surface area contributed by atoms with Gasteiger partial charge in [-0.1, -0.05) is 59.8 Å². The van der Waals surface area contributed by atoms with E-state index in [4.69, 9.17) is 14.2 Å². The van der Waals surface area contributed by atoms with Crippen LogP contribution in [0.1, 0.15) is 126 Å². The number of fused-ring (bicyclic) bond motifs is 4. The fourth-order valence-corrected chi connectivity index (χ4v) is 12.1. The maximum atomic E-state index is 12.9. The van der Waals surface area contributed by atoms with Crippen LogP contribution in [0.15, 0.2) is 49.1 Å². The molecule has 0 aliphatic heterocycles. The molecule has 1 spiro atoms. The molecular weight excluding hydrogens is 596 g/mol. The molecular formula is C43H62O5. The predicted octanol–water partition coefficient (Wildman–Crippen LogP) is 10.1. The Balaban J connectivity index is 1.08. The number of hydrogen-bond acceptors (Lipinski definition) is 5. The number of rotatable bonds is 14. The van der Waals surface area contributed by atoms with E-state index in [1.165, 1.54) is 57.8 Å². The van der Waals surface area contributed by atoms with Crippen molar-refractivity contribution in [3.63, 3.8) is 0 Å². The highest BCUT2D eigenvalue weighted by Gasteiger charge is 2.77. The van der Waals surface area contributed by atoms with E-state index in [0.29, 0.717) is 64.8 Å². The summed E-state index contributed by atoms with van der Waals surface area (Å²) in [4.78, 5) is 25.0. The Kier molecular flexibility index (Phi) is 10.4. The fraction of sp³-hybridized carbons (Fsp3) is 0.721. The third-order valence-electron chi connectivity index (χ3n) is 14.8. The first-order valence-electron chi connectivity index (χ1n) is 19.3. The molecule has 0 heterocycles. The molecule has 5 saturated carbocycles. The van der Waals surface area contributed by atoms with E-state index >= 15 is 0 Å². The number of esters is 2. The van der Waals surface area contributed by atoms with Gasteiger partial charge < -0.3 is 14.2 Å². The van der Waals surface area contributed by atoms with E-state index in [9.17, 15) is 9.59 Å². The second kappa shape index (κ2) is 14.1. The second-order valence-electron chi connectivity index (χ2n) is 17.1. The minimum Gasteiger partial charge on any atom is -0.462 e. The lowest BCUT2D eigenvalue weighted by Crippen LogP contribution is -2.57. The quantitative estimate of drug-likeness (QED) is 0.113. The molecule has 1 aromatic rings. The van der Waals surface area contributed by atoms with Gasteiger partial charge >= 0.3 is 11.9 Å². The highest BCUT2D eigenvalue weighted by Crippen LogP contribution is 2.82. The van der Waals surface area contributed by atoms with Crippen molar-refractivity contribution < 1.29 is 23.8 Å². The lowest BCUT2D eigenvalue weighted by molar-refractivity contribution is -0.170. The fourth-order valence-electron chi connectivity index (χ4n) is 12.1. The zero-order valence-corrected chi connectivity index (χ0v) is 30.7. The number of carbonyl (C=O) groups excluding carboxylic acids is 2. The van der Waals surface area contributed by atoms with E-state index in [-0.39, 0.29) is 18.7 Å². The van der Waals surface area contributed by atoms with Gasteiger partial charge in [0.1, 0.15) is 6.61 Å². The Morgan fingerprint density at radius 2 is 1.58 bits per heavy atom. The van der Waals surface area contributed by atoms with Crippen molar-refractivity contribution in [2.45, 2.75) is 112 Å². The van der Waals surface area contributed by atoms with Gasteiger partial charge in [0.2, 0.25) is 0 Å². The smallest absolute Gasteiger partial charge is 0.338 e. The molecule has 6 rings (SSSR count). The van der Waals surface area contributed by atoms with Crippen LogP contribution in [0.2, 0.25) is 0 Å². The van der Waals surface area contributed by atoms with Crippen LogP contribution in [0.4, 0.5) is 0 Å². The molecule has 0 radical (unpaired) electrons. The molecule has 5 aliphatic rings. The van der Waals surface area contributed by atoms with Gasteiger partial charge in [-0.2, -0.15) is 0 Å². The zero-order valence-electron chi connectivity index (χ0n) is 30.7. The molecule has 5 nitrogen and oxygen atoms in total. The monoisotopic (exact) mass is 658 g/mol. The Labute approximate surface area is 290 Å². The summed E-state index contributed by atoms with van der Waals surface area (Å²) in [6.07, 6.45) is 19.6. The van der Waals surface area contributed by atoms with E-state index in [1.54, 1.807) is 30.3 Å². The second-order valence-corrected chi connectivity index (χ2v) is 17.1. The van der Waals surface area contributed by atoms with Crippen LogP contribution in [-0.2, 0) is 14.2 Å². The summed E-state index contributed by atoms with van der Waals surface area (Å²) in [5.41, 5.74) is 1.94. The van der Waals surface area contributed by atoms with Crippen LogP contribution in [0, 0.1) is 63.6 Å². The van der Waals surface area contributed by atoms with Crippen LogP contribution in [0.3, 0.4) is 0 Å². The lowest BCUT2D eigenvalue weighted by Gasteiger charge is -2.61. The van der Waals surface area contributed by atoms with Crippen molar-refractivity contribution in [3.8, 4) is 0 Å². The maximum Gasteiger partial charge on any atom is 0.338 e. The van der Waals surface area contributed by atoms with Crippen LogP contribution in [0.25, 0.3) is 0 Å². The maximum absolute atomic E-state index is 12.9. The Morgan fingerprint density at radius 1 is 0.896 bits per heavy atom. The van der Waals surface area contributed by atoms with E-state index < -0.39 is 5.97 Å². The molecule has 0 saturated heterocycles. The van der Waals surface area contributed by atoms with Crippen molar-refractivity contribution in [2.75, 3.05) is 19.8 Å². The molecule has 0 amide bonds. The highest BCUT2D eigenvalue weighted by molar-refractivity contribution is 5.93. The zero-order chi connectivity index (χ0) is 34.3. The molecule has 5 heteroatoms. The Morgan fingerprint density at radius 3 is 2.21 bits per heavy atom. The molecule has 264 valence electrons. The van der Waals surface area contributed by atoms with Crippen molar-refractivity contribution in [2.24, 2.45) is 63.6 Å². The van der Waals surface area contributed by atoms with Crippen molar-refractivity contribution in [3.05, 3.63) is 60.2 Å². The van der Waals surface area contributed by atoms with E-state index in [1.807, 2.05) is 0 Å². The lowest BCUT2D eigenvalue weighted by atomic mass is 9.45. The third kappa shape index (κ3) is 6.13.